The second kappa shape index (κ2) is 14.3. The average Bonchev–Trinajstić information content (AvgIpc) is 2.68. The lowest BCUT2D eigenvalue weighted by molar-refractivity contribution is 0.906. The maximum absolute atomic E-state index is 4.65. The third-order valence-corrected chi connectivity index (χ3v) is 4.59. The SMILES string of the molecule is C=C(C)C(=C)/C=C\C(C)=C(/C)C(/C=C\C)C(=C)/C=C(\C=C/C)C(/C=C\C)=NCC. The van der Waals surface area contributed by atoms with Crippen LogP contribution in [0.2, 0.25) is 0 Å². The summed E-state index contributed by atoms with van der Waals surface area (Å²) in [6.45, 7) is 27.5. The lowest BCUT2D eigenvalue weighted by Gasteiger charge is -2.18. The molecule has 29 heavy (non-hydrogen) atoms. The summed E-state index contributed by atoms with van der Waals surface area (Å²) < 4.78 is 0. The molecule has 0 aliphatic heterocycles. The molecule has 0 bridgehead atoms. The van der Waals surface area contributed by atoms with E-state index in [-0.39, 0.29) is 5.92 Å². The summed E-state index contributed by atoms with van der Waals surface area (Å²) in [4.78, 5) is 4.65. The predicted molar refractivity (Wildman–Crippen MR) is 135 cm³/mol. The van der Waals surface area contributed by atoms with Gasteiger partial charge in [0, 0.05) is 12.5 Å². The Morgan fingerprint density at radius 1 is 0.862 bits per heavy atom. The van der Waals surface area contributed by atoms with E-state index in [9.17, 15) is 0 Å². The van der Waals surface area contributed by atoms with E-state index in [1.807, 2.05) is 52.0 Å². The zero-order chi connectivity index (χ0) is 22.4. The van der Waals surface area contributed by atoms with Crippen molar-refractivity contribution in [3.63, 3.8) is 0 Å². The first kappa shape index (κ1) is 26.3. The van der Waals surface area contributed by atoms with Gasteiger partial charge in [0.15, 0.2) is 0 Å². The molecular weight excluding hydrogens is 350 g/mol. The third-order valence-electron chi connectivity index (χ3n) is 4.59. The van der Waals surface area contributed by atoms with E-state index >= 15 is 0 Å². The van der Waals surface area contributed by atoms with E-state index in [4.69, 9.17) is 0 Å². The smallest absolute Gasteiger partial charge is 0.0643 e. The van der Waals surface area contributed by atoms with Gasteiger partial charge in [0.2, 0.25) is 0 Å². The Hall–Kier alpha value is -2.67. The van der Waals surface area contributed by atoms with Crippen LogP contribution in [0.5, 0.6) is 0 Å². The quantitative estimate of drug-likeness (QED) is 0.191. The summed E-state index contributed by atoms with van der Waals surface area (Å²) >= 11 is 0. The Kier molecular flexibility index (Phi) is 13.0. The molecule has 1 nitrogen and oxygen atoms in total. The van der Waals surface area contributed by atoms with Crippen LogP contribution in [0.15, 0.2) is 113 Å². The zero-order valence-electron chi connectivity index (χ0n) is 19.5. The third kappa shape index (κ3) is 9.38. The Morgan fingerprint density at radius 3 is 1.97 bits per heavy atom. The molecule has 0 N–H and O–H groups in total. The van der Waals surface area contributed by atoms with Crippen molar-refractivity contribution in [2.45, 2.75) is 48.5 Å². The van der Waals surface area contributed by atoms with Crippen LogP contribution in [0.4, 0.5) is 0 Å². The molecule has 1 heteroatoms. The van der Waals surface area contributed by atoms with Gasteiger partial charge in [0.1, 0.15) is 0 Å². The Labute approximate surface area is 179 Å². The summed E-state index contributed by atoms with van der Waals surface area (Å²) in [5.41, 5.74) is 7.47. The summed E-state index contributed by atoms with van der Waals surface area (Å²) in [5, 5.41) is 0. The fraction of sp³-hybridized carbons (Fsp3) is 0.321. The summed E-state index contributed by atoms with van der Waals surface area (Å²) in [6, 6.07) is 0. The van der Waals surface area contributed by atoms with Gasteiger partial charge in [0.05, 0.1) is 5.71 Å². The highest BCUT2D eigenvalue weighted by Crippen LogP contribution is 2.27. The van der Waals surface area contributed by atoms with Crippen molar-refractivity contribution in [2.75, 3.05) is 6.54 Å². The van der Waals surface area contributed by atoms with Crippen LogP contribution in [-0.2, 0) is 0 Å². The minimum atomic E-state index is 0.122. The first-order valence-electron chi connectivity index (χ1n) is 10.3. The fourth-order valence-corrected chi connectivity index (χ4v) is 2.73. The molecule has 1 atom stereocenters. The van der Waals surface area contributed by atoms with Crippen LogP contribution in [0.25, 0.3) is 0 Å². The van der Waals surface area contributed by atoms with Crippen LogP contribution >= 0.6 is 0 Å². The monoisotopic (exact) mass is 389 g/mol. The largest absolute Gasteiger partial charge is 0.285 e. The predicted octanol–water partition coefficient (Wildman–Crippen LogP) is 8.30. The molecule has 0 saturated carbocycles. The lowest BCUT2D eigenvalue weighted by Crippen LogP contribution is -2.05. The fourth-order valence-electron chi connectivity index (χ4n) is 2.73. The summed E-state index contributed by atoms with van der Waals surface area (Å²) in [6.07, 6.45) is 18.8. The molecule has 0 heterocycles. The van der Waals surface area contributed by atoms with E-state index in [0.717, 1.165) is 34.5 Å². The van der Waals surface area contributed by atoms with Gasteiger partial charge in [-0.25, -0.2) is 0 Å². The molecule has 0 aliphatic rings. The van der Waals surface area contributed by atoms with Crippen molar-refractivity contribution in [3.8, 4) is 0 Å². The van der Waals surface area contributed by atoms with Crippen LogP contribution < -0.4 is 0 Å². The van der Waals surface area contributed by atoms with Crippen molar-refractivity contribution in [2.24, 2.45) is 10.9 Å². The summed E-state index contributed by atoms with van der Waals surface area (Å²) in [7, 11) is 0. The van der Waals surface area contributed by atoms with Gasteiger partial charge in [0.25, 0.3) is 0 Å². The molecule has 1 unspecified atom stereocenters. The highest BCUT2D eigenvalue weighted by atomic mass is 14.7. The number of hydrogen-bond acceptors (Lipinski definition) is 1. The van der Waals surface area contributed by atoms with Crippen LogP contribution in [0.1, 0.15) is 48.5 Å². The second-order valence-corrected chi connectivity index (χ2v) is 7.04. The van der Waals surface area contributed by atoms with Gasteiger partial charge in [-0.2, -0.15) is 0 Å². The highest BCUT2D eigenvalue weighted by molar-refractivity contribution is 6.10. The number of aliphatic imine (C=N–C) groups is 1. The number of allylic oxidation sites excluding steroid dienone is 15. The first-order valence-corrected chi connectivity index (χ1v) is 10.3. The van der Waals surface area contributed by atoms with Gasteiger partial charge in [-0.05, 0) is 77.3 Å². The Morgan fingerprint density at radius 2 is 1.48 bits per heavy atom. The summed E-state index contributed by atoms with van der Waals surface area (Å²) in [5.74, 6) is 0.122. The maximum atomic E-state index is 4.65. The van der Waals surface area contributed by atoms with E-state index < -0.39 is 0 Å². The van der Waals surface area contributed by atoms with Crippen molar-refractivity contribution >= 4 is 5.71 Å². The number of nitrogens with zero attached hydrogens (tertiary/aromatic N) is 1. The van der Waals surface area contributed by atoms with Crippen molar-refractivity contribution < 1.29 is 0 Å². The first-order chi connectivity index (χ1) is 13.7. The molecule has 0 aromatic rings. The Bertz CT molecular complexity index is 801. The molecule has 0 rings (SSSR count). The molecule has 0 aliphatic carbocycles. The van der Waals surface area contributed by atoms with Gasteiger partial charge < -0.3 is 0 Å². The molecular formula is C28H39N. The van der Waals surface area contributed by atoms with E-state index in [1.54, 1.807) is 0 Å². The molecule has 0 amide bonds. The van der Waals surface area contributed by atoms with Crippen molar-refractivity contribution in [1.82, 2.24) is 0 Å². The van der Waals surface area contributed by atoms with Crippen LogP contribution in [0, 0.1) is 5.92 Å². The number of rotatable bonds is 11. The van der Waals surface area contributed by atoms with Gasteiger partial charge >= 0.3 is 0 Å². The number of hydrogen-bond donors (Lipinski definition) is 0. The average molecular weight is 390 g/mol. The molecule has 0 fully saturated rings. The van der Waals surface area contributed by atoms with Crippen molar-refractivity contribution in [1.29, 1.82) is 0 Å². The van der Waals surface area contributed by atoms with Crippen LogP contribution in [-0.4, -0.2) is 12.3 Å². The van der Waals surface area contributed by atoms with E-state index in [2.05, 4.69) is 75.9 Å². The molecule has 0 saturated heterocycles. The van der Waals surface area contributed by atoms with Gasteiger partial charge in [-0.3, -0.25) is 4.99 Å². The lowest BCUT2D eigenvalue weighted by atomic mass is 9.87. The molecule has 0 aromatic carbocycles. The maximum Gasteiger partial charge on any atom is 0.0643 e. The normalized spacial score (nSPS) is 15.6. The minimum Gasteiger partial charge on any atom is -0.285 e. The zero-order valence-corrected chi connectivity index (χ0v) is 19.5. The molecule has 0 aromatic heterocycles. The molecule has 0 radical (unpaired) electrons. The molecule has 0 spiro atoms. The van der Waals surface area contributed by atoms with Crippen molar-refractivity contribution in [3.05, 3.63) is 108 Å². The minimum absolute atomic E-state index is 0.122. The van der Waals surface area contributed by atoms with Gasteiger partial charge in [-0.1, -0.05) is 79.0 Å². The molecule has 156 valence electrons. The topological polar surface area (TPSA) is 12.4 Å². The van der Waals surface area contributed by atoms with E-state index in [0.29, 0.717) is 0 Å². The van der Waals surface area contributed by atoms with Crippen LogP contribution in [0.3, 0.4) is 0 Å². The Balaban J connectivity index is 6.15. The van der Waals surface area contributed by atoms with E-state index in [1.165, 1.54) is 11.1 Å². The standard InChI is InChI=1S/C28H39N/c1-11-15-26(28(17-13-3)29-14-4)20-24(9)27(16-12-2)25(10)23(8)19-18-22(7)21(5)6/h11-13,15-20,27H,5,7,9,14H2,1-4,6,8,10H3/b15-11-,16-12-,17-13-,19-18-,25-23+,26-20+,29-28?. The second-order valence-electron chi connectivity index (χ2n) is 7.04. The van der Waals surface area contributed by atoms with Gasteiger partial charge in [-0.15, -0.1) is 0 Å². The highest BCUT2D eigenvalue weighted by Gasteiger charge is 2.13.